The maximum absolute atomic E-state index is 6.00. The molecule has 104 valence electrons. The number of rotatable bonds is 3. The zero-order chi connectivity index (χ0) is 13.9. The Balaban J connectivity index is 1.85. The first-order valence-corrected chi connectivity index (χ1v) is 7.55. The van der Waals surface area contributed by atoms with Crippen molar-refractivity contribution in [3.63, 3.8) is 0 Å². The Morgan fingerprint density at radius 1 is 1.15 bits per heavy atom. The molecule has 0 N–H and O–H groups in total. The Hall–Kier alpha value is -1.46. The minimum atomic E-state index is 0.469. The molecule has 1 aliphatic heterocycles. The third kappa shape index (κ3) is 2.99. The summed E-state index contributed by atoms with van der Waals surface area (Å²) in [5.74, 6) is 2.31. The van der Waals surface area contributed by atoms with Crippen LogP contribution in [-0.4, -0.2) is 23.2 Å². The highest BCUT2D eigenvalue weighted by Crippen LogP contribution is 2.36. The van der Waals surface area contributed by atoms with Gasteiger partial charge in [0.05, 0.1) is 0 Å². The van der Waals surface area contributed by atoms with E-state index in [1.807, 2.05) is 25.1 Å². The summed E-state index contributed by atoms with van der Waals surface area (Å²) >= 11 is 7.53. The van der Waals surface area contributed by atoms with Crippen LogP contribution in [0.4, 0.5) is 0 Å². The second kappa shape index (κ2) is 5.89. The third-order valence-corrected chi connectivity index (χ3v) is 3.87. The lowest BCUT2D eigenvalue weighted by atomic mass is 10.3. The van der Waals surface area contributed by atoms with Crippen LogP contribution in [0.1, 0.15) is 12.7 Å². The average Bonchev–Trinajstić information content (AvgIpc) is 2.46. The molecule has 0 spiro atoms. The van der Waals surface area contributed by atoms with E-state index in [0.717, 1.165) is 33.7 Å². The first-order chi connectivity index (χ1) is 9.74. The van der Waals surface area contributed by atoms with Crippen LogP contribution >= 0.6 is 23.4 Å². The van der Waals surface area contributed by atoms with E-state index in [0.29, 0.717) is 18.4 Å². The molecule has 0 aliphatic carbocycles. The summed E-state index contributed by atoms with van der Waals surface area (Å²) < 4.78 is 11.1. The fourth-order valence-corrected chi connectivity index (χ4v) is 2.99. The van der Waals surface area contributed by atoms with Crippen molar-refractivity contribution in [1.82, 2.24) is 9.97 Å². The van der Waals surface area contributed by atoms with Gasteiger partial charge in [0.1, 0.15) is 29.2 Å². The van der Waals surface area contributed by atoms with E-state index in [9.17, 15) is 0 Å². The van der Waals surface area contributed by atoms with Gasteiger partial charge in [0, 0.05) is 17.4 Å². The van der Waals surface area contributed by atoms with E-state index in [1.165, 1.54) is 11.8 Å². The van der Waals surface area contributed by atoms with Crippen LogP contribution in [0.3, 0.4) is 0 Å². The molecular formula is C14H13ClN2O2S. The maximum atomic E-state index is 6.00. The number of ether oxygens (including phenoxy) is 2. The molecule has 0 fully saturated rings. The first kappa shape index (κ1) is 13.5. The second-order valence-corrected chi connectivity index (χ2v) is 5.69. The zero-order valence-corrected chi connectivity index (χ0v) is 12.5. The van der Waals surface area contributed by atoms with E-state index >= 15 is 0 Å². The standard InChI is InChI=1S/C14H13ClN2O2S/c1-2-13-16-12(15)8-14(17-13)20-9-3-4-10-11(7-9)19-6-5-18-10/h3-4,7-8H,2,5-6H2,1H3. The lowest BCUT2D eigenvalue weighted by Gasteiger charge is -2.18. The van der Waals surface area contributed by atoms with Gasteiger partial charge in [-0.3, -0.25) is 0 Å². The predicted molar refractivity (Wildman–Crippen MR) is 78.0 cm³/mol. The van der Waals surface area contributed by atoms with Crippen LogP contribution in [0.5, 0.6) is 11.5 Å². The highest BCUT2D eigenvalue weighted by atomic mass is 35.5. The van der Waals surface area contributed by atoms with Crippen LogP contribution in [0.2, 0.25) is 5.15 Å². The van der Waals surface area contributed by atoms with Crippen molar-refractivity contribution in [1.29, 1.82) is 0 Å². The van der Waals surface area contributed by atoms with E-state index in [4.69, 9.17) is 21.1 Å². The Morgan fingerprint density at radius 3 is 2.75 bits per heavy atom. The number of nitrogens with zero attached hydrogens (tertiary/aromatic N) is 2. The van der Waals surface area contributed by atoms with Crippen molar-refractivity contribution in [3.8, 4) is 11.5 Å². The lowest BCUT2D eigenvalue weighted by Crippen LogP contribution is -2.15. The topological polar surface area (TPSA) is 44.2 Å². The van der Waals surface area contributed by atoms with Crippen LogP contribution in [-0.2, 0) is 6.42 Å². The van der Waals surface area contributed by atoms with Crippen molar-refractivity contribution < 1.29 is 9.47 Å². The van der Waals surface area contributed by atoms with Gasteiger partial charge in [-0.05, 0) is 18.2 Å². The quantitative estimate of drug-likeness (QED) is 0.810. The summed E-state index contributed by atoms with van der Waals surface area (Å²) in [7, 11) is 0. The predicted octanol–water partition coefficient (Wildman–Crippen LogP) is 3.61. The number of halogens is 1. The summed E-state index contributed by atoms with van der Waals surface area (Å²) in [6.07, 6.45) is 0.759. The Labute approximate surface area is 126 Å². The summed E-state index contributed by atoms with van der Waals surface area (Å²) in [6.45, 7) is 3.19. The number of hydrogen-bond donors (Lipinski definition) is 0. The van der Waals surface area contributed by atoms with Crippen LogP contribution in [0.15, 0.2) is 34.2 Å². The molecule has 0 amide bonds. The van der Waals surface area contributed by atoms with Gasteiger partial charge in [-0.15, -0.1) is 0 Å². The molecule has 1 aromatic heterocycles. The molecule has 0 unspecified atom stereocenters. The minimum absolute atomic E-state index is 0.469. The number of aromatic nitrogens is 2. The van der Waals surface area contributed by atoms with E-state index in [1.54, 1.807) is 6.07 Å². The van der Waals surface area contributed by atoms with Gasteiger partial charge in [-0.1, -0.05) is 30.3 Å². The van der Waals surface area contributed by atoms with E-state index in [-0.39, 0.29) is 0 Å². The van der Waals surface area contributed by atoms with Crippen molar-refractivity contribution in [2.24, 2.45) is 0 Å². The number of benzene rings is 1. The van der Waals surface area contributed by atoms with Crippen molar-refractivity contribution in [2.45, 2.75) is 23.3 Å². The molecule has 0 bridgehead atoms. The third-order valence-electron chi connectivity index (χ3n) is 2.77. The fourth-order valence-electron chi connectivity index (χ4n) is 1.86. The smallest absolute Gasteiger partial charge is 0.162 e. The number of fused-ring (bicyclic) bond motifs is 1. The monoisotopic (exact) mass is 308 g/mol. The SMILES string of the molecule is CCc1nc(Cl)cc(Sc2ccc3c(c2)OCCO3)n1. The highest BCUT2D eigenvalue weighted by molar-refractivity contribution is 7.99. The molecule has 1 aromatic carbocycles. The van der Waals surface area contributed by atoms with E-state index in [2.05, 4.69) is 9.97 Å². The number of hydrogen-bond acceptors (Lipinski definition) is 5. The van der Waals surface area contributed by atoms with Crippen LogP contribution in [0, 0.1) is 0 Å². The average molecular weight is 309 g/mol. The summed E-state index contributed by atoms with van der Waals surface area (Å²) in [5.41, 5.74) is 0. The van der Waals surface area contributed by atoms with Crippen molar-refractivity contribution >= 4 is 23.4 Å². The molecule has 6 heteroatoms. The summed E-state index contributed by atoms with van der Waals surface area (Å²) in [6, 6.07) is 7.63. The van der Waals surface area contributed by atoms with Gasteiger partial charge in [0.15, 0.2) is 11.5 Å². The molecule has 20 heavy (non-hydrogen) atoms. The molecule has 0 saturated carbocycles. The second-order valence-electron chi connectivity index (χ2n) is 4.21. The maximum Gasteiger partial charge on any atom is 0.162 e. The molecule has 1 aliphatic rings. The first-order valence-electron chi connectivity index (χ1n) is 6.35. The normalized spacial score (nSPS) is 13.3. The van der Waals surface area contributed by atoms with Crippen molar-refractivity contribution in [3.05, 3.63) is 35.2 Å². The van der Waals surface area contributed by atoms with Crippen LogP contribution in [0.25, 0.3) is 0 Å². The van der Waals surface area contributed by atoms with Gasteiger partial charge < -0.3 is 9.47 Å². The Morgan fingerprint density at radius 2 is 1.95 bits per heavy atom. The molecule has 2 aromatic rings. The van der Waals surface area contributed by atoms with Gasteiger partial charge in [0.2, 0.25) is 0 Å². The van der Waals surface area contributed by atoms with Gasteiger partial charge in [-0.2, -0.15) is 0 Å². The fraction of sp³-hybridized carbons (Fsp3) is 0.286. The molecule has 0 atom stereocenters. The minimum Gasteiger partial charge on any atom is -0.486 e. The Bertz CT molecular complexity index is 637. The largest absolute Gasteiger partial charge is 0.486 e. The van der Waals surface area contributed by atoms with E-state index < -0.39 is 0 Å². The van der Waals surface area contributed by atoms with Crippen molar-refractivity contribution in [2.75, 3.05) is 13.2 Å². The molecule has 3 rings (SSSR count). The lowest BCUT2D eigenvalue weighted by molar-refractivity contribution is 0.171. The Kier molecular flexibility index (Phi) is 3.98. The molecule has 0 saturated heterocycles. The molecular weight excluding hydrogens is 296 g/mol. The van der Waals surface area contributed by atoms with Gasteiger partial charge in [0.25, 0.3) is 0 Å². The van der Waals surface area contributed by atoms with Gasteiger partial charge >= 0.3 is 0 Å². The molecule has 4 nitrogen and oxygen atoms in total. The summed E-state index contributed by atoms with van der Waals surface area (Å²) in [5, 5.41) is 1.30. The van der Waals surface area contributed by atoms with Gasteiger partial charge in [-0.25, -0.2) is 9.97 Å². The summed E-state index contributed by atoms with van der Waals surface area (Å²) in [4.78, 5) is 9.65. The number of aryl methyl sites for hydroxylation is 1. The highest BCUT2D eigenvalue weighted by Gasteiger charge is 2.13. The molecule has 2 heterocycles. The van der Waals surface area contributed by atoms with Crippen LogP contribution < -0.4 is 9.47 Å². The molecule has 0 radical (unpaired) electrons. The zero-order valence-electron chi connectivity index (χ0n) is 10.9.